The van der Waals surface area contributed by atoms with Crippen LogP contribution in [0.1, 0.15) is 6.42 Å². The summed E-state index contributed by atoms with van der Waals surface area (Å²) in [5.74, 6) is 0. The fourth-order valence-corrected chi connectivity index (χ4v) is 2.50. The van der Waals surface area contributed by atoms with Gasteiger partial charge in [0.1, 0.15) is 0 Å². The van der Waals surface area contributed by atoms with Gasteiger partial charge >= 0.3 is 6.09 Å². The number of aliphatic hydroxyl groups is 1. The van der Waals surface area contributed by atoms with E-state index < -0.39 is 12.4 Å². The second-order valence-corrected chi connectivity index (χ2v) is 4.85. The van der Waals surface area contributed by atoms with E-state index in [9.17, 15) is 9.90 Å². The van der Waals surface area contributed by atoms with Crippen molar-refractivity contribution in [3.05, 3.63) is 30.3 Å². The molecule has 6 heteroatoms. The van der Waals surface area contributed by atoms with Gasteiger partial charge in [0.25, 0.3) is 0 Å². The zero-order valence-electron chi connectivity index (χ0n) is 11.5. The van der Waals surface area contributed by atoms with Crippen LogP contribution in [0.3, 0.4) is 0 Å². The highest BCUT2D eigenvalue weighted by Crippen LogP contribution is 2.23. The number of anilines is 1. The Morgan fingerprint density at radius 3 is 2.75 bits per heavy atom. The molecule has 0 aliphatic carbocycles. The second kappa shape index (κ2) is 6.58. The standard InChI is InChI=1S/C14H20N2O4/c1-20-13(17)10-16(11-5-3-2-4-6-11)12-7-8-15(9-12)14(18)19/h2-6,12-13,17H,7-10H2,1H3,(H,18,19). The maximum atomic E-state index is 11.0. The molecular weight excluding hydrogens is 260 g/mol. The number of aliphatic hydroxyl groups excluding tert-OH is 1. The van der Waals surface area contributed by atoms with Crippen LogP contribution in [0.5, 0.6) is 0 Å². The summed E-state index contributed by atoms with van der Waals surface area (Å²) in [5, 5.41) is 18.8. The first-order valence-electron chi connectivity index (χ1n) is 6.62. The second-order valence-electron chi connectivity index (χ2n) is 4.85. The highest BCUT2D eigenvalue weighted by Gasteiger charge is 2.31. The molecule has 0 radical (unpaired) electrons. The van der Waals surface area contributed by atoms with Gasteiger partial charge in [-0.3, -0.25) is 0 Å². The minimum absolute atomic E-state index is 0.0540. The van der Waals surface area contributed by atoms with Crippen molar-refractivity contribution in [3.63, 3.8) is 0 Å². The third-order valence-corrected chi connectivity index (χ3v) is 3.59. The topological polar surface area (TPSA) is 73.2 Å². The Balaban J connectivity index is 2.13. The summed E-state index contributed by atoms with van der Waals surface area (Å²) < 4.78 is 4.92. The maximum Gasteiger partial charge on any atom is 0.407 e. The van der Waals surface area contributed by atoms with Crippen LogP contribution >= 0.6 is 0 Å². The molecule has 2 rings (SSSR count). The van der Waals surface area contributed by atoms with E-state index >= 15 is 0 Å². The van der Waals surface area contributed by atoms with Crippen LogP contribution in [-0.2, 0) is 4.74 Å². The molecule has 1 fully saturated rings. The van der Waals surface area contributed by atoms with E-state index in [2.05, 4.69) is 0 Å². The molecule has 2 N–H and O–H groups in total. The van der Waals surface area contributed by atoms with Crippen molar-refractivity contribution in [2.45, 2.75) is 18.8 Å². The van der Waals surface area contributed by atoms with E-state index in [1.165, 1.54) is 12.0 Å². The minimum Gasteiger partial charge on any atom is -0.465 e. The van der Waals surface area contributed by atoms with Gasteiger partial charge in [-0.1, -0.05) is 18.2 Å². The Kier molecular flexibility index (Phi) is 4.81. The molecule has 1 aliphatic heterocycles. The number of hydrogen-bond donors (Lipinski definition) is 2. The van der Waals surface area contributed by atoms with Crippen LogP contribution in [0.2, 0.25) is 0 Å². The number of benzene rings is 1. The predicted octanol–water partition coefficient (Wildman–Crippen LogP) is 1.21. The van der Waals surface area contributed by atoms with Crippen LogP contribution in [0.25, 0.3) is 0 Å². The average molecular weight is 280 g/mol. The van der Waals surface area contributed by atoms with Gasteiger partial charge < -0.3 is 24.7 Å². The lowest BCUT2D eigenvalue weighted by molar-refractivity contribution is -0.0672. The molecule has 1 aromatic carbocycles. The SMILES string of the molecule is COC(O)CN(c1ccccc1)C1CCN(C(=O)O)C1. The number of amides is 1. The molecule has 2 unspecified atom stereocenters. The summed E-state index contributed by atoms with van der Waals surface area (Å²) in [6.45, 7) is 1.28. The van der Waals surface area contributed by atoms with Crippen LogP contribution in [0.15, 0.2) is 30.3 Å². The molecule has 110 valence electrons. The molecule has 20 heavy (non-hydrogen) atoms. The molecule has 1 aliphatic rings. The molecule has 2 atom stereocenters. The van der Waals surface area contributed by atoms with Crippen LogP contribution < -0.4 is 4.90 Å². The van der Waals surface area contributed by atoms with Crippen LogP contribution in [-0.4, -0.2) is 60.3 Å². The number of hydrogen-bond acceptors (Lipinski definition) is 4. The Morgan fingerprint density at radius 2 is 2.20 bits per heavy atom. The molecule has 0 aromatic heterocycles. The number of para-hydroxylation sites is 1. The first kappa shape index (κ1) is 14.6. The zero-order chi connectivity index (χ0) is 14.5. The molecular formula is C14H20N2O4. The van der Waals surface area contributed by atoms with Crippen LogP contribution in [0, 0.1) is 0 Å². The predicted molar refractivity (Wildman–Crippen MR) is 74.8 cm³/mol. The first-order valence-corrected chi connectivity index (χ1v) is 6.62. The molecule has 0 saturated carbocycles. The molecule has 1 aromatic rings. The van der Waals surface area contributed by atoms with E-state index in [-0.39, 0.29) is 6.04 Å². The number of likely N-dealkylation sites (tertiary alicyclic amines) is 1. The van der Waals surface area contributed by atoms with Gasteiger partial charge in [0.15, 0.2) is 6.29 Å². The third kappa shape index (κ3) is 3.40. The van der Waals surface area contributed by atoms with Gasteiger partial charge in [-0.25, -0.2) is 4.79 Å². The highest BCUT2D eigenvalue weighted by atomic mass is 16.6. The van der Waals surface area contributed by atoms with Gasteiger partial charge in [-0.05, 0) is 18.6 Å². The lowest BCUT2D eigenvalue weighted by Crippen LogP contribution is -2.43. The highest BCUT2D eigenvalue weighted by molar-refractivity contribution is 5.65. The number of carboxylic acid groups (broad SMARTS) is 1. The number of rotatable bonds is 5. The number of carbonyl (C=O) groups is 1. The smallest absolute Gasteiger partial charge is 0.407 e. The van der Waals surface area contributed by atoms with Gasteiger partial charge in [0.2, 0.25) is 0 Å². The average Bonchev–Trinajstić information content (AvgIpc) is 2.95. The molecule has 1 amide bonds. The normalized spacial score (nSPS) is 19.9. The van der Waals surface area contributed by atoms with Gasteiger partial charge in [0, 0.05) is 31.9 Å². The quantitative estimate of drug-likeness (QED) is 0.793. The van der Waals surface area contributed by atoms with Crippen LogP contribution in [0.4, 0.5) is 10.5 Å². The van der Waals surface area contributed by atoms with E-state index in [0.29, 0.717) is 19.6 Å². The summed E-state index contributed by atoms with van der Waals surface area (Å²) in [7, 11) is 1.45. The molecule has 0 bridgehead atoms. The van der Waals surface area contributed by atoms with Gasteiger partial charge in [-0.15, -0.1) is 0 Å². The van der Waals surface area contributed by atoms with E-state index in [1.807, 2.05) is 35.2 Å². The van der Waals surface area contributed by atoms with Gasteiger partial charge in [-0.2, -0.15) is 0 Å². The Morgan fingerprint density at radius 1 is 1.50 bits per heavy atom. The Hall–Kier alpha value is -1.79. The lowest BCUT2D eigenvalue weighted by Gasteiger charge is -2.32. The molecule has 0 spiro atoms. The lowest BCUT2D eigenvalue weighted by atomic mass is 10.2. The van der Waals surface area contributed by atoms with Gasteiger partial charge in [0.05, 0.1) is 6.54 Å². The van der Waals surface area contributed by atoms with Crippen molar-refractivity contribution in [2.75, 3.05) is 31.6 Å². The van der Waals surface area contributed by atoms with E-state index in [4.69, 9.17) is 9.84 Å². The Bertz CT molecular complexity index is 440. The van der Waals surface area contributed by atoms with Crippen molar-refractivity contribution < 1.29 is 19.7 Å². The largest absolute Gasteiger partial charge is 0.465 e. The third-order valence-electron chi connectivity index (χ3n) is 3.59. The fourth-order valence-electron chi connectivity index (χ4n) is 2.50. The number of ether oxygens (including phenoxy) is 1. The molecule has 1 heterocycles. The fraction of sp³-hybridized carbons (Fsp3) is 0.500. The van der Waals surface area contributed by atoms with E-state index in [0.717, 1.165) is 12.1 Å². The summed E-state index contributed by atoms with van der Waals surface area (Å²) in [4.78, 5) is 14.4. The summed E-state index contributed by atoms with van der Waals surface area (Å²) in [5.41, 5.74) is 0.959. The summed E-state index contributed by atoms with van der Waals surface area (Å²) in [6, 6.07) is 9.72. The van der Waals surface area contributed by atoms with Crippen molar-refractivity contribution in [1.29, 1.82) is 0 Å². The minimum atomic E-state index is -0.896. The van der Waals surface area contributed by atoms with Crippen molar-refractivity contribution >= 4 is 11.8 Å². The molecule has 1 saturated heterocycles. The van der Waals surface area contributed by atoms with E-state index in [1.54, 1.807) is 0 Å². The van der Waals surface area contributed by atoms with Crippen molar-refractivity contribution in [1.82, 2.24) is 4.90 Å². The zero-order valence-corrected chi connectivity index (χ0v) is 11.5. The number of nitrogens with zero attached hydrogens (tertiary/aromatic N) is 2. The van der Waals surface area contributed by atoms with Crippen molar-refractivity contribution in [3.8, 4) is 0 Å². The first-order chi connectivity index (χ1) is 9.61. The molecule has 6 nitrogen and oxygen atoms in total. The van der Waals surface area contributed by atoms with Crippen molar-refractivity contribution in [2.24, 2.45) is 0 Å². The monoisotopic (exact) mass is 280 g/mol. The Labute approximate surface area is 118 Å². The number of methoxy groups -OCH3 is 1. The maximum absolute atomic E-state index is 11.0. The summed E-state index contributed by atoms with van der Waals surface area (Å²) in [6.07, 6.45) is -1.04. The summed E-state index contributed by atoms with van der Waals surface area (Å²) >= 11 is 0.